The summed E-state index contributed by atoms with van der Waals surface area (Å²) in [6.07, 6.45) is -0.0860. The number of amides is 1. The maximum Gasteiger partial charge on any atom is 0.417 e. The average molecular weight is 385 g/mol. The third-order valence-electron chi connectivity index (χ3n) is 4.50. The SMILES string of the molecule is CC(C)(C)N1CCC(F)(C(=O)NS(=O)(=O)c2ccc3[nH]c(=O)oc3c2)C1. The molecule has 2 N–H and O–H groups in total. The summed E-state index contributed by atoms with van der Waals surface area (Å²) in [4.78, 5) is 27.4. The van der Waals surface area contributed by atoms with E-state index < -0.39 is 27.4 Å². The highest BCUT2D eigenvalue weighted by atomic mass is 32.2. The van der Waals surface area contributed by atoms with E-state index in [-0.39, 0.29) is 29.0 Å². The van der Waals surface area contributed by atoms with E-state index >= 15 is 4.39 Å². The first-order valence-corrected chi connectivity index (χ1v) is 9.53. The van der Waals surface area contributed by atoms with Crippen LogP contribution in [0.25, 0.3) is 11.1 Å². The van der Waals surface area contributed by atoms with Crippen LogP contribution in [0.2, 0.25) is 0 Å². The first-order valence-electron chi connectivity index (χ1n) is 8.05. The van der Waals surface area contributed by atoms with Crippen molar-refractivity contribution >= 4 is 27.0 Å². The zero-order valence-corrected chi connectivity index (χ0v) is 15.4. The van der Waals surface area contributed by atoms with Gasteiger partial charge in [0.25, 0.3) is 15.9 Å². The summed E-state index contributed by atoms with van der Waals surface area (Å²) in [5, 5.41) is 0. The number of hydrogen-bond donors (Lipinski definition) is 2. The molecule has 1 aromatic heterocycles. The van der Waals surface area contributed by atoms with Gasteiger partial charge in [0.1, 0.15) is 0 Å². The number of nitrogens with zero attached hydrogens (tertiary/aromatic N) is 1. The normalized spacial score (nSPS) is 22.0. The van der Waals surface area contributed by atoms with Crippen LogP contribution in [0.4, 0.5) is 4.39 Å². The highest BCUT2D eigenvalue weighted by Gasteiger charge is 2.48. The summed E-state index contributed by atoms with van der Waals surface area (Å²) in [6.45, 7) is 5.87. The monoisotopic (exact) mass is 385 g/mol. The first kappa shape index (κ1) is 18.6. The van der Waals surface area contributed by atoms with Crippen molar-refractivity contribution in [1.82, 2.24) is 14.6 Å². The summed E-state index contributed by atoms with van der Waals surface area (Å²) >= 11 is 0. The number of fused-ring (bicyclic) bond motifs is 1. The third-order valence-corrected chi connectivity index (χ3v) is 5.83. The molecule has 26 heavy (non-hydrogen) atoms. The molecule has 1 aliphatic rings. The fourth-order valence-electron chi connectivity index (χ4n) is 2.90. The van der Waals surface area contributed by atoms with Crippen LogP contribution in [0.5, 0.6) is 0 Å². The number of aromatic amines is 1. The van der Waals surface area contributed by atoms with Crippen LogP contribution in [0, 0.1) is 0 Å². The van der Waals surface area contributed by atoms with Crippen molar-refractivity contribution in [3.63, 3.8) is 0 Å². The zero-order chi connectivity index (χ0) is 19.3. The molecular formula is C16H20FN3O5S. The van der Waals surface area contributed by atoms with Gasteiger partial charge in [-0.2, -0.15) is 0 Å². The number of halogens is 1. The number of alkyl halides is 1. The minimum atomic E-state index is -4.30. The number of carbonyl (C=O) groups is 1. The van der Waals surface area contributed by atoms with E-state index in [1.165, 1.54) is 12.1 Å². The van der Waals surface area contributed by atoms with Crippen LogP contribution in [0.15, 0.2) is 32.3 Å². The zero-order valence-electron chi connectivity index (χ0n) is 14.6. The first-order chi connectivity index (χ1) is 11.9. The molecule has 3 rings (SSSR count). The Morgan fingerprint density at radius 1 is 1.38 bits per heavy atom. The summed E-state index contributed by atoms with van der Waals surface area (Å²) < 4.78 is 46.5. The quantitative estimate of drug-likeness (QED) is 0.819. The molecule has 1 unspecified atom stereocenters. The molecule has 142 valence electrons. The topological polar surface area (TPSA) is 112 Å². The van der Waals surface area contributed by atoms with Gasteiger partial charge in [-0.05, 0) is 32.9 Å². The van der Waals surface area contributed by atoms with Crippen LogP contribution in [-0.2, 0) is 14.8 Å². The Bertz CT molecular complexity index is 1020. The van der Waals surface area contributed by atoms with E-state index in [0.29, 0.717) is 12.1 Å². The number of aromatic nitrogens is 1. The number of nitrogens with one attached hydrogen (secondary N) is 2. The van der Waals surface area contributed by atoms with Crippen LogP contribution in [0.1, 0.15) is 27.2 Å². The molecule has 2 heterocycles. The number of hydrogen-bond acceptors (Lipinski definition) is 6. The summed E-state index contributed by atoms with van der Waals surface area (Å²) in [6, 6.07) is 3.63. The molecule has 1 atom stereocenters. The highest BCUT2D eigenvalue weighted by molar-refractivity contribution is 7.90. The highest BCUT2D eigenvalue weighted by Crippen LogP contribution is 2.31. The van der Waals surface area contributed by atoms with E-state index in [2.05, 4.69) is 4.98 Å². The molecule has 1 fully saturated rings. The molecule has 2 aromatic rings. The average Bonchev–Trinajstić information content (AvgIpc) is 3.08. The van der Waals surface area contributed by atoms with Crippen LogP contribution >= 0.6 is 0 Å². The predicted octanol–water partition coefficient (Wildman–Crippen LogP) is 1.14. The standard InChI is InChI=1S/C16H20FN3O5S/c1-15(2,3)20-7-6-16(17,9-20)13(21)19-26(23,24)10-4-5-11-12(8-10)25-14(22)18-11/h4-5,8H,6-7,9H2,1-3H3,(H,18,22)(H,19,21). The number of sulfonamides is 1. The Balaban J connectivity index is 1.82. The lowest BCUT2D eigenvalue weighted by Gasteiger charge is -2.32. The third kappa shape index (κ3) is 3.38. The fraction of sp³-hybridized carbons (Fsp3) is 0.500. The van der Waals surface area contributed by atoms with Crippen molar-refractivity contribution in [2.24, 2.45) is 0 Å². The van der Waals surface area contributed by atoms with E-state index in [4.69, 9.17) is 4.42 Å². The lowest BCUT2D eigenvalue weighted by molar-refractivity contribution is -0.130. The Morgan fingerprint density at radius 3 is 2.69 bits per heavy atom. The fourth-order valence-corrected chi connectivity index (χ4v) is 3.95. The molecule has 1 aromatic carbocycles. The Morgan fingerprint density at radius 2 is 2.08 bits per heavy atom. The van der Waals surface area contributed by atoms with Gasteiger partial charge < -0.3 is 4.42 Å². The van der Waals surface area contributed by atoms with Crippen molar-refractivity contribution in [3.05, 3.63) is 28.7 Å². The van der Waals surface area contributed by atoms with Gasteiger partial charge in [-0.1, -0.05) is 0 Å². The molecule has 0 radical (unpaired) electrons. The number of benzene rings is 1. The van der Waals surface area contributed by atoms with Crippen molar-refractivity contribution in [2.45, 2.75) is 43.3 Å². The van der Waals surface area contributed by atoms with Crippen LogP contribution in [-0.4, -0.2) is 48.5 Å². The minimum Gasteiger partial charge on any atom is -0.408 e. The van der Waals surface area contributed by atoms with Gasteiger partial charge in [0.15, 0.2) is 5.58 Å². The second-order valence-electron chi connectivity index (χ2n) is 7.41. The lowest BCUT2D eigenvalue weighted by Crippen LogP contribution is -2.49. The van der Waals surface area contributed by atoms with Gasteiger partial charge in [-0.15, -0.1) is 0 Å². The number of carbonyl (C=O) groups excluding carboxylic acids is 1. The molecule has 1 aliphatic heterocycles. The molecule has 1 amide bonds. The maximum atomic E-state index is 15.0. The molecule has 0 aliphatic carbocycles. The number of likely N-dealkylation sites (tertiary alicyclic amines) is 1. The van der Waals surface area contributed by atoms with E-state index in [1.807, 2.05) is 20.8 Å². The smallest absolute Gasteiger partial charge is 0.408 e. The molecule has 1 saturated heterocycles. The van der Waals surface area contributed by atoms with Crippen molar-refractivity contribution in [2.75, 3.05) is 13.1 Å². The van der Waals surface area contributed by atoms with Crippen molar-refractivity contribution < 1.29 is 22.0 Å². The molecule has 8 nitrogen and oxygen atoms in total. The minimum absolute atomic E-state index is 0.0278. The van der Waals surface area contributed by atoms with E-state index in [0.717, 1.165) is 6.07 Å². The van der Waals surface area contributed by atoms with E-state index in [9.17, 15) is 18.0 Å². The van der Waals surface area contributed by atoms with Crippen LogP contribution in [0.3, 0.4) is 0 Å². The van der Waals surface area contributed by atoms with Gasteiger partial charge >= 0.3 is 5.76 Å². The van der Waals surface area contributed by atoms with E-state index in [1.54, 1.807) is 9.62 Å². The molecule has 0 bridgehead atoms. The Hall–Kier alpha value is -2.20. The second-order valence-corrected chi connectivity index (χ2v) is 9.10. The van der Waals surface area contributed by atoms with Crippen LogP contribution < -0.4 is 10.5 Å². The molecular weight excluding hydrogens is 365 g/mol. The summed E-state index contributed by atoms with van der Waals surface area (Å²) in [5.41, 5.74) is -2.27. The van der Waals surface area contributed by atoms with Gasteiger partial charge in [0.2, 0.25) is 5.67 Å². The molecule has 10 heteroatoms. The number of rotatable bonds is 3. The Kier molecular flexibility index (Phi) is 4.23. The Labute approximate surface area is 149 Å². The maximum absolute atomic E-state index is 15.0. The molecule has 0 spiro atoms. The summed E-state index contributed by atoms with van der Waals surface area (Å²) in [5.74, 6) is -1.92. The number of oxazole rings is 1. The van der Waals surface area contributed by atoms with Gasteiger partial charge in [-0.25, -0.2) is 22.3 Å². The van der Waals surface area contributed by atoms with Gasteiger partial charge in [0, 0.05) is 31.1 Å². The molecule has 0 saturated carbocycles. The predicted molar refractivity (Wildman–Crippen MR) is 91.9 cm³/mol. The second kappa shape index (κ2) is 5.92. The summed E-state index contributed by atoms with van der Waals surface area (Å²) in [7, 11) is -4.30. The van der Waals surface area contributed by atoms with Gasteiger partial charge in [0.05, 0.1) is 10.4 Å². The van der Waals surface area contributed by atoms with Crippen molar-refractivity contribution in [1.29, 1.82) is 0 Å². The lowest BCUT2D eigenvalue weighted by atomic mass is 10.0. The van der Waals surface area contributed by atoms with Crippen molar-refractivity contribution in [3.8, 4) is 0 Å². The largest absolute Gasteiger partial charge is 0.417 e. The number of H-pyrrole nitrogens is 1. The van der Waals surface area contributed by atoms with Gasteiger partial charge in [-0.3, -0.25) is 14.7 Å².